The molecule has 0 saturated heterocycles. The van der Waals surface area contributed by atoms with Crippen LogP contribution in [-0.2, 0) is 24.3 Å². The SMILES string of the molecule is O=C(Cn1ccc(=O)[nH]c1=O)Nc1ccnn1CCc1ccccc1. The van der Waals surface area contributed by atoms with Crippen LogP contribution in [0.25, 0.3) is 0 Å². The van der Waals surface area contributed by atoms with Gasteiger partial charge in [0, 0.05) is 24.9 Å². The predicted octanol–water partition coefficient (Wildman–Crippen LogP) is 0.614. The van der Waals surface area contributed by atoms with Crippen LogP contribution in [0.15, 0.2) is 64.4 Å². The molecule has 0 radical (unpaired) electrons. The second-order valence-electron chi connectivity index (χ2n) is 5.46. The average molecular weight is 339 g/mol. The first kappa shape index (κ1) is 16.4. The molecule has 1 aromatic carbocycles. The fourth-order valence-electron chi connectivity index (χ4n) is 2.40. The van der Waals surface area contributed by atoms with Crippen LogP contribution in [0.4, 0.5) is 5.82 Å². The van der Waals surface area contributed by atoms with Gasteiger partial charge in [-0.2, -0.15) is 5.10 Å². The number of rotatable bonds is 6. The number of H-pyrrole nitrogens is 1. The Kier molecular flexibility index (Phi) is 4.89. The Morgan fingerprint density at radius 3 is 2.68 bits per heavy atom. The molecule has 0 unspecified atom stereocenters. The maximum atomic E-state index is 12.1. The van der Waals surface area contributed by atoms with Crippen molar-refractivity contribution in [1.82, 2.24) is 19.3 Å². The van der Waals surface area contributed by atoms with Gasteiger partial charge in [0.05, 0.1) is 6.20 Å². The zero-order valence-electron chi connectivity index (χ0n) is 13.4. The summed E-state index contributed by atoms with van der Waals surface area (Å²) >= 11 is 0. The molecule has 2 N–H and O–H groups in total. The molecule has 0 bridgehead atoms. The highest BCUT2D eigenvalue weighted by Gasteiger charge is 2.09. The molecule has 0 saturated carbocycles. The first-order valence-electron chi connectivity index (χ1n) is 7.77. The van der Waals surface area contributed by atoms with Gasteiger partial charge < -0.3 is 5.32 Å². The number of anilines is 1. The van der Waals surface area contributed by atoms with Gasteiger partial charge in [0.15, 0.2) is 0 Å². The Balaban J connectivity index is 1.63. The van der Waals surface area contributed by atoms with Crippen molar-refractivity contribution in [2.24, 2.45) is 0 Å². The molecule has 128 valence electrons. The minimum atomic E-state index is -0.625. The van der Waals surface area contributed by atoms with E-state index in [1.807, 2.05) is 30.3 Å². The van der Waals surface area contributed by atoms with Crippen molar-refractivity contribution in [3.8, 4) is 0 Å². The number of aromatic nitrogens is 4. The first-order valence-corrected chi connectivity index (χ1v) is 7.77. The smallest absolute Gasteiger partial charge is 0.309 e. The molecule has 3 aromatic rings. The second kappa shape index (κ2) is 7.43. The molecule has 0 aliphatic heterocycles. The Hall–Kier alpha value is -3.42. The quantitative estimate of drug-likeness (QED) is 0.687. The van der Waals surface area contributed by atoms with E-state index in [9.17, 15) is 14.4 Å². The van der Waals surface area contributed by atoms with Crippen molar-refractivity contribution in [2.45, 2.75) is 19.5 Å². The van der Waals surface area contributed by atoms with Gasteiger partial charge in [-0.25, -0.2) is 9.48 Å². The Labute approximate surface area is 142 Å². The maximum Gasteiger partial charge on any atom is 0.328 e. The fourth-order valence-corrected chi connectivity index (χ4v) is 2.40. The minimum absolute atomic E-state index is 0.195. The number of hydrogen-bond acceptors (Lipinski definition) is 4. The number of carbonyl (C=O) groups excluding carboxylic acids is 1. The molecule has 3 rings (SSSR count). The highest BCUT2D eigenvalue weighted by Crippen LogP contribution is 2.09. The average Bonchev–Trinajstić information content (AvgIpc) is 3.03. The van der Waals surface area contributed by atoms with Crippen molar-refractivity contribution in [1.29, 1.82) is 0 Å². The van der Waals surface area contributed by atoms with Crippen LogP contribution >= 0.6 is 0 Å². The Morgan fingerprint density at radius 1 is 1.12 bits per heavy atom. The van der Waals surface area contributed by atoms with Crippen LogP contribution < -0.4 is 16.6 Å². The van der Waals surface area contributed by atoms with Crippen LogP contribution in [0, 0.1) is 0 Å². The van der Waals surface area contributed by atoms with E-state index in [-0.39, 0.29) is 12.5 Å². The molecular formula is C17H17N5O3. The number of aromatic amines is 1. The number of amides is 1. The molecule has 25 heavy (non-hydrogen) atoms. The molecule has 0 spiro atoms. The lowest BCUT2D eigenvalue weighted by atomic mass is 10.1. The highest BCUT2D eigenvalue weighted by atomic mass is 16.2. The van der Waals surface area contributed by atoms with E-state index in [1.165, 1.54) is 17.8 Å². The molecule has 2 aromatic heterocycles. The molecule has 8 heteroatoms. The van der Waals surface area contributed by atoms with E-state index in [0.29, 0.717) is 12.4 Å². The van der Waals surface area contributed by atoms with Crippen LogP contribution in [-0.4, -0.2) is 25.2 Å². The molecule has 0 aliphatic rings. The summed E-state index contributed by atoms with van der Waals surface area (Å²) in [5.41, 5.74) is 0.0518. The summed E-state index contributed by atoms with van der Waals surface area (Å²) in [5.74, 6) is 0.175. The predicted molar refractivity (Wildman–Crippen MR) is 92.3 cm³/mol. The number of aryl methyl sites for hydroxylation is 2. The summed E-state index contributed by atoms with van der Waals surface area (Å²) in [7, 11) is 0. The molecule has 0 fully saturated rings. The van der Waals surface area contributed by atoms with Gasteiger partial charge in [-0.05, 0) is 12.0 Å². The highest BCUT2D eigenvalue weighted by molar-refractivity contribution is 5.89. The van der Waals surface area contributed by atoms with Crippen molar-refractivity contribution >= 4 is 11.7 Å². The van der Waals surface area contributed by atoms with Gasteiger partial charge in [-0.1, -0.05) is 30.3 Å². The van der Waals surface area contributed by atoms with Crippen molar-refractivity contribution in [3.05, 3.63) is 81.3 Å². The van der Waals surface area contributed by atoms with Crippen molar-refractivity contribution in [3.63, 3.8) is 0 Å². The first-order chi connectivity index (χ1) is 12.1. The van der Waals surface area contributed by atoms with E-state index in [4.69, 9.17) is 0 Å². The van der Waals surface area contributed by atoms with Gasteiger partial charge in [0.1, 0.15) is 12.4 Å². The molecule has 2 heterocycles. The van der Waals surface area contributed by atoms with Crippen molar-refractivity contribution in [2.75, 3.05) is 5.32 Å². The van der Waals surface area contributed by atoms with Gasteiger partial charge in [-0.3, -0.25) is 19.1 Å². The Bertz CT molecular complexity index is 971. The van der Waals surface area contributed by atoms with Gasteiger partial charge in [-0.15, -0.1) is 0 Å². The molecule has 0 atom stereocenters. The summed E-state index contributed by atoms with van der Waals surface area (Å²) in [5, 5.41) is 6.93. The minimum Gasteiger partial charge on any atom is -0.309 e. The summed E-state index contributed by atoms with van der Waals surface area (Å²) in [4.78, 5) is 36.9. The van der Waals surface area contributed by atoms with Crippen LogP contribution in [0.5, 0.6) is 0 Å². The van der Waals surface area contributed by atoms with Crippen LogP contribution in [0.2, 0.25) is 0 Å². The largest absolute Gasteiger partial charge is 0.328 e. The van der Waals surface area contributed by atoms with E-state index < -0.39 is 11.2 Å². The van der Waals surface area contributed by atoms with Crippen molar-refractivity contribution < 1.29 is 4.79 Å². The third-order valence-corrected chi connectivity index (χ3v) is 3.65. The summed E-state index contributed by atoms with van der Waals surface area (Å²) in [6.45, 7) is 0.421. The Morgan fingerprint density at radius 2 is 1.92 bits per heavy atom. The summed E-state index contributed by atoms with van der Waals surface area (Å²) in [6, 6.07) is 12.9. The maximum absolute atomic E-state index is 12.1. The van der Waals surface area contributed by atoms with Gasteiger partial charge in [0.25, 0.3) is 5.56 Å². The third kappa shape index (κ3) is 4.31. The van der Waals surface area contributed by atoms with Gasteiger partial charge >= 0.3 is 5.69 Å². The normalized spacial score (nSPS) is 10.6. The summed E-state index contributed by atoms with van der Waals surface area (Å²) in [6.07, 6.45) is 3.67. The lowest BCUT2D eigenvalue weighted by Crippen LogP contribution is -2.32. The number of nitrogens with zero attached hydrogens (tertiary/aromatic N) is 3. The fraction of sp³-hybridized carbons (Fsp3) is 0.176. The van der Waals surface area contributed by atoms with Crippen LogP contribution in [0.3, 0.4) is 0 Å². The number of benzene rings is 1. The zero-order valence-corrected chi connectivity index (χ0v) is 13.4. The number of nitrogens with one attached hydrogen (secondary N) is 2. The molecule has 1 amide bonds. The molecule has 0 aliphatic carbocycles. The number of hydrogen-bond donors (Lipinski definition) is 2. The lowest BCUT2D eigenvalue weighted by Gasteiger charge is -2.10. The summed E-state index contributed by atoms with van der Waals surface area (Å²) < 4.78 is 2.82. The van der Waals surface area contributed by atoms with E-state index in [2.05, 4.69) is 15.4 Å². The standard InChI is InChI=1S/C17H17N5O3/c23-15-8-10-21(17(25)20-15)12-16(24)19-14-6-9-18-22(14)11-7-13-4-2-1-3-5-13/h1-6,8-10H,7,11-12H2,(H,19,24)(H,20,23,25). The third-order valence-electron chi connectivity index (χ3n) is 3.65. The zero-order chi connectivity index (χ0) is 17.6. The second-order valence-corrected chi connectivity index (χ2v) is 5.46. The van der Waals surface area contributed by atoms with Crippen LogP contribution in [0.1, 0.15) is 5.56 Å². The van der Waals surface area contributed by atoms with Gasteiger partial charge in [0.2, 0.25) is 5.91 Å². The molecular weight excluding hydrogens is 322 g/mol. The van der Waals surface area contributed by atoms with E-state index in [1.54, 1.807) is 16.9 Å². The lowest BCUT2D eigenvalue weighted by molar-refractivity contribution is -0.116. The van der Waals surface area contributed by atoms with E-state index in [0.717, 1.165) is 11.0 Å². The molecule has 8 nitrogen and oxygen atoms in total. The number of carbonyl (C=O) groups is 1. The monoisotopic (exact) mass is 339 g/mol. The topological polar surface area (TPSA) is 102 Å². The van der Waals surface area contributed by atoms with E-state index >= 15 is 0 Å².